The standard InChI is InChI=1S/C22H24N2O2/c1-13-7-15(3)21(16(4)8-13)23-12-24(20(26)11-19(23)25)22-17(5)9-14(2)10-18(22)6/h7-12H,1-6H3/p+1. The molecular weight excluding hydrogens is 324 g/mol. The third-order valence-electron chi connectivity index (χ3n) is 4.72. The molecule has 2 aromatic carbocycles. The van der Waals surface area contributed by atoms with E-state index in [0.29, 0.717) is 0 Å². The molecule has 0 atom stereocenters. The van der Waals surface area contributed by atoms with Gasteiger partial charge in [0.2, 0.25) is 0 Å². The Balaban J connectivity index is 2.34. The Morgan fingerprint density at radius 3 is 1.73 bits per heavy atom. The molecule has 0 amide bonds. The van der Waals surface area contributed by atoms with Gasteiger partial charge in [-0.1, -0.05) is 35.4 Å². The van der Waals surface area contributed by atoms with Crippen LogP contribution in [0.3, 0.4) is 0 Å². The monoisotopic (exact) mass is 349 g/mol. The summed E-state index contributed by atoms with van der Waals surface area (Å²) in [4.78, 5) is 12.6. The molecule has 26 heavy (non-hydrogen) atoms. The summed E-state index contributed by atoms with van der Waals surface area (Å²) in [5.74, 6) is -0.0660. The Morgan fingerprint density at radius 2 is 1.23 bits per heavy atom. The molecule has 0 fully saturated rings. The molecule has 0 unspecified atom stereocenters. The molecule has 0 saturated carbocycles. The first-order valence-electron chi connectivity index (χ1n) is 8.73. The summed E-state index contributed by atoms with van der Waals surface area (Å²) >= 11 is 0. The Morgan fingerprint density at radius 1 is 0.769 bits per heavy atom. The van der Waals surface area contributed by atoms with Crippen LogP contribution in [0.1, 0.15) is 33.4 Å². The van der Waals surface area contributed by atoms with Crippen molar-refractivity contribution in [3.05, 3.63) is 80.4 Å². The smallest absolute Gasteiger partial charge is 0.346 e. The lowest BCUT2D eigenvalue weighted by molar-refractivity contribution is -0.609. The van der Waals surface area contributed by atoms with Gasteiger partial charge in [-0.25, -0.2) is 4.79 Å². The molecule has 1 heterocycles. The molecule has 1 aromatic heterocycles. The Hall–Kier alpha value is -2.88. The van der Waals surface area contributed by atoms with Crippen molar-refractivity contribution in [1.29, 1.82) is 0 Å². The second kappa shape index (κ2) is 6.45. The van der Waals surface area contributed by atoms with Crippen LogP contribution in [0.2, 0.25) is 0 Å². The van der Waals surface area contributed by atoms with Crippen molar-refractivity contribution in [3.63, 3.8) is 0 Å². The molecule has 3 rings (SSSR count). The molecule has 3 aromatic rings. The first kappa shape index (κ1) is 17.9. The van der Waals surface area contributed by atoms with Crippen molar-refractivity contribution in [1.82, 2.24) is 4.57 Å². The number of nitrogens with zero attached hydrogens (tertiary/aromatic N) is 2. The van der Waals surface area contributed by atoms with Gasteiger partial charge < -0.3 is 5.11 Å². The van der Waals surface area contributed by atoms with Crippen LogP contribution >= 0.6 is 0 Å². The van der Waals surface area contributed by atoms with Crippen LogP contribution in [-0.4, -0.2) is 9.67 Å². The van der Waals surface area contributed by atoms with E-state index in [1.807, 2.05) is 41.5 Å². The van der Waals surface area contributed by atoms with Crippen molar-refractivity contribution in [3.8, 4) is 17.3 Å². The highest BCUT2D eigenvalue weighted by atomic mass is 16.3. The fraction of sp³-hybridized carbons (Fsp3) is 0.273. The number of benzene rings is 2. The highest BCUT2D eigenvalue weighted by Crippen LogP contribution is 2.21. The zero-order valence-corrected chi connectivity index (χ0v) is 16.2. The highest BCUT2D eigenvalue weighted by molar-refractivity contribution is 5.49. The van der Waals surface area contributed by atoms with Crippen LogP contribution in [0.15, 0.2) is 41.5 Å². The largest absolute Gasteiger partial charge is 0.477 e. The van der Waals surface area contributed by atoms with Gasteiger partial charge in [-0.15, -0.1) is 0 Å². The number of aryl methyl sites for hydroxylation is 6. The van der Waals surface area contributed by atoms with Crippen LogP contribution in [0, 0.1) is 41.5 Å². The SMILES string of the molecule is Cc1cc(C)c(-n2c[n+](-c3c(C)cc(C)cc3C)c(O)cc2=O)c(C)c1. The van der Waals surface area contributed by atoms with Crippen LogP contribution in [0.4, 0.5) is 0 Å². The van der Waals surface area contributed by atoms with Gasteiger partial charge in [0, 0.05) is 0 Å². The van der Waals surface area contributed by atoms with Gasteiger partial charge in [0.25, 0.3) is 12.2 Å². The summed E-state index contributed by atoms with van der Waals surface area (Å²) in [6.45, 7) is 12.1. The first-order valence-corrected chi connectivity index (χ1v) is 8.73. The van der Waals surface area contributed by atoms with Crippen molar-refractivity contribution >= 4 is 0 Å². The molecule has 0 aliphatic carbocycles. The zero-order chi connectivity index (χ0) is 19.2. The van der Waals surface area contributed by atoms with E-state index in [4.69, 9.17) is 0 Å². The topological polar surface area (TPSA) is 46.1 Å². The van der Waals surface area contributed by atoms with E-state index in [1.54, 1.807) is 15.5 Å². The Labute approximate surface area is 154 Å². The minimum absolute atomic E-state index is 0.0660. The minimum atomic E-state index is -0.253. The maximum Gasteiger partial charge on any atom is 0.346 e. The molecule has 4 nitrogen and oxygen atoms in total. The van der Waals surface area contributed by atoms with Gasteiger partial charge in [-0.2, -0.15) is 9.13 Å². The zero-order valence-electron chi connectivity index (χ0n) is 16.2. The van der Waals surface area contributed by atoms with E-state index in [2.05, 4.69) is 24.3 Å². The average Bonchev–Trinajstić information content (AvgIpc) is 2.49. The lowest BCUT2D eigenvalue weighted by Crippen LogP contribution is -2.39. The third kappa shape index (κ3) is 3.03. The van der Waals surface area contributed by atoms with Gasteiger partial charge in [-0.3, -0.25) is 0 Å². The van der Waals surface area contributed by atoms with E-state index in [9.17, 15) is 9.90 Å². The molecule has 0 aliphatic rings. The summed E-state index contributed by atoms with van der Waals surface area (Å²) in [6, 6.07) is 9.55. The van der Waals surface area contributed by atoms with Gasteiger partial charge >= 0.3 is 5.56 Å². The van der Waals surface area contributed by atoms with E-state index in [0.717, 1.165) is 39.2 Å². The minimum Gasteiger partial charge on any atom is -0.477 e. The molecule has 0 saturated heterocycles. The number of rotatable bonds is 2. The van der Waals surface area contributed by atoms with E-state index < -0.39 is 0 Å². The lowest BCUT2D eigenvalue weighted by atomic mass is 10.0. The molecular formula is C22H25N2O2+. The summed E-state index contributed by atoms with van der Waals surface area (Å²) in [7, 11) is 0. The fourth-order valence-corrected chi connectivity index (χ4v) is 3.93. The summed E-state index contributed by atoms with van der Waals surface area (Å²) in [5, 5.41) is 10.5. The second-order valence-electron chi connectivity index (χ2n) is 7.19. The van der Waals surface area contributed by atoms with Gasteiger partial charge in [-0.05, 0) is 63.8 Å². The predicted octanol–water partition coefficient (Wildman–Crippen LogP) is 3.67. The number of hydrogen-bond acceptors (Lipinski definition) is 2. The predicted molar refractivity (Wildman–Crippen MR) is 104 cm³/mol. The Kier molecular flexibility index (Phi) is 4.45. The summed E-state index contributed by atoms with van der Waals surface area (Å²) in [5.41, 5.74) is 7.97. The average molecular weight is 349 g/mol. The lowest BCUT2D eigenvalue weighted by Gasteiger charge is -2.13. The van der Waals surface area contributed by atoms with Crippen LogP contribution < -0.4 is 10.1 Å². The maximum atomic E-state index is 12.6. The Bertz CT molecular complexity index is 1030. The number of aromatic hydroxyl groups is 1. The quantitative estimate of drug-likeness (QED) is 0.718. The summed E-state index contributed by atoms with van der Waals surface area (Å²) < 4.78 is 3.30. The number of hydrogen-bond donors (Lipinski definition) is 1. The van der Waals surface area contributed by atoms with Crippen LogP contribution in [-0.2, 0) is 0 Å². The molecule has 4 heteroatoms. The van der Waals surface area contributed by atoms with Gasteiger partial charge in [0.05, 0.1) is 0 Å². The molecule has 0 bridgehead atoms. The highest BCUT2D eigenvalue weighted by Gasteiger charge is 2.21. The molecule has 0 spiro atoms. The van der Waals surface area contributed by atoms with Crippen LogP contribution in [0.5, 0.6) is 5.88 Å². The molecule has 0 aliphatic heterocycles. The fourth-order valence-electron chi connectivity index (χ4n) is 3.93. The van der Waals surface area contributed by atoms with Gasteiger partial charge in [0.1, 0.15) is 17.4 Å². The van der Waals surface area contributed by atoms with E-state index in [1.165, 1.54) is 11.6 Å². The number of aromatic nitrogens is 2. The van der Waals surface area contributed by atoms with Gasteiger partial charge in [0.15, 0.2) is 0 Å². The molecule has 1 N–H and O–H groups in total. The third-order valence-corrected chi connectivity index (χ3v) is 4.72. The van der Waals surface area contributed by atoms with Crippen molar-refractivity contribution in [2.24, 2.45) is 0 Å². The van der Waals surface area contributed by atoms with Crippen molar-refractivity contribution in [2.75, 3.05) is 0 Å². The van der Waals surface area contributed by atoms with Crippen molar-refractivity contribution in [2.45, 2.75) is 41.5 Å². The molecule has 0 radical (unpaired) electrons. The van der Waals surface area contributed by atoms with Crippen LogP contribution in [0.25, 0.3) is 11.4 Å². The molecule has 134 valence electrons. The van der Waals surface area contributed by atoms with E-state index >= 15 is 0 Å². The van der Waals surface area contributed by atoms with E-state index in [-0.39, 0.29) is 11.4 Å². The normalized spacial score (nSPS) is 11.0. The maximum absolute atomic E-state index is 12.6. The summed E-state index contributed by atoms with van der Waals surface area (Å²) in [6.07, 6.45) is 1.69. The first-order chi connectivity index (χ1) is 12.2. The van der Waals surface area contributed by atoms with Crippen molar-refractivity contribution < 1.29 is 9.67 Å². The second-order valence-corrected chi connectivity index (χ2v) is 7.19.